The molecule has 3 rings (SSSR count). The third kappa shape index (κ3) is 2.37. The van der Waals surface area contributed by atoms with Crippen LogP contribution in [0.4, 0.5) is 0 Å². The van der Waals surface area contributed by atoms with E-state index in [1.807, 2.05) is 0 Å². The molecule has 3 nitrogen and oxygen atoms in total. The molecular formula is C14H21N3. The van der Waals surface area contributed by atoms with Crippen molar-refractivity contribution >= 4 is 0 Å². The van der Waals surface area contributed by atoms with Crippen LogP contribution in [0, 0.1) is 0 Å². The minimum absolute atomic E-state index is 0.537. The van der Waals surface area contributed by atoms with Gasteiger partial charge in [0.1, 0.15) is 0 Å². The lowest BCUT2D eigenvalue weighted by molar-refractivity contribution is 0.0868. The van der Waals surface area contributed by atoms with E-state index in [2.05, 4.69) is 46.6 Å². The van der Waals surface area contributed by atoms with Gasteiger partial charge in [-0.05, 0) is 31.0 Å². The van der Waals surface area contributed by atoms with Gasteiger partial charge in [0.2, 0.25) is 0 Å². The van der Waals surface area contributed by atoms with Gasteiger partial charge in [0.25, 0.3) is 0 Å². The van der Waals surface area contributed by atoms with E-state index in [-0.39, 0.29) is 0 Å². The fourth-order valence-electron chi connectivity index (χ4n) is 2.85. The number of hydrogen-bond donors (Lipinski definition) is 1. The minimum atomic E-state index is 0.537. The molecule has 1 aromatic rings. The summed E-state index contributed by atoms with van der Waals surface area (Å²) in [6.07, 6.45) is 2.47. The van der Waals surface area contributed by atoms with Crippen LogP contribution in [0.3, 0.4) is 0 Å². The Hall–Kier alpha value is -0.900. The third-order valence-electron chi connectivity index (χ3n) is 3.97. The number of nitrogens with zero attached hydrogens (tertiary/aromatic N) is 2. The van der Waals surface area contributed by atoms with Crippen LogP contribution in [-0.2, 0) is 6.42 Å². The number of fused-ring (bicyclic) bond motifs is 1. The fraction of sp³-hybridized carbons (Fsp3) is 0.571. The molecule has 17 heavy (non-hydrogen) atoms. The van der Waals surface area contributed by atoms with Crippen LogP contribution in [-0.4, -0.2) is 43.1 Å². The van der Waals surface area contributed by atoms with E-state index in [9.17, 15) is 0 Å². The zero-order valence-electron chi connectivity index (χ0n) is 10.5. The standard InChI is InChI=1S/C14H21N3/c1-16-8-10-17(11-9-16)15-14-7-6-12-4-2-3-5-13(12)14/h2-5,14-15H,6-11H2,1H3. The molecule has 1 heterocycles. The summed E-state index contributed by atoms with van der Waals surface area (Å²) in [7, 11) is 2.20. The lowest BCUT2D eigenvalue weighted by Crippen LogP contribution is -2.51. The number of aryl methyl sites for hydroxylation is 1. The summed E-state index contributed by atoms with van der Waals surface area (Å²) in [5, 5.41) is 2.40. The van der Waals surface area contributed by atoms with Gasteiger partial charge in [-0.15, -0.1) is 0 Å². The van der Waals surface area contributed by atoms with Crippen LogP contribution in [0.25, 0.3) is 0 Å². The second-order valence-corrected chi connectivity index (χ2v) is 5.21. The van der Waals surface area contributed by atoms with Gasteiger partial charge in [-0.1, -0.05) is 24.3 Å². The second kappa shape index (κ2) is 4.77. The largest absolute Gasteiger partial charge is 0.304 e. The van der Waals surface area contributed by atoms with E-state index in [4.69, 9.17) is 0 Å². The molecule has 1 N–H and O–H groups in total. The number of likely N-dealkylation sites (N-methyl/N-ethyl adjacent to an activating group) is 1. The predicted octanol–water partition coefficient (Wildman–Crippen LogP) is 1.43. The lowest BCUT2D eigenvalue weighted by atomic mass is 10.1. The fourth-order valence-corrected chi connectivity index (χ4v) is 2.85. The number of nitrogens with one attached hydrogen (secondary N) is 1. The number of hydrogen-bond acceptors (Lipinski definition) is 3. The Morgan fingerprint density at radius 2 is 1.88 bits per heavy atom. The molecule has 0 saturated carbocycles. The number of hydrazine groups is 1. The Bertz CT molecular complexity index is 383. The molecule has 0 spiro atoms. The van der Waals surface area contributed by atoms with Crippen molar-refractivity contribution in [2.75, 3.05) is 33.2 Å². The van der Waals surface area contributed by atoms with Crippen molar-refractivity contribution in [3.8, 4) is 0 Å². The summed E-state index contributed by atoms with van der Waals surface area (Å²) in [6, 6.07) is 9.38. The van der Waals surface area contributed by atoms with Gasteiger partial charge < -0.3 is 4.90 Å². The second-order valence-electron chi connectivity index (χ2n) is 5.21. The topological polar surface area (TPSA) is 18.5 Å². The third-order valence-corrected chi connectivity index (χ3v) is 3.97. The molecule has 1 fully saturated rings. The Morgan fingerprint density at radius 1 is 1.12 bits per heavy atom. The van der Waals surface area contributed by atoms with Crippen molar-refractivity contribution in [1.82, 2.24) is 15.3 Å². The average Bonchev–Trinajstić information content (AvgIpc) is 2.76. The first kappa shape index (κ1) is 11.2. The van der Waals surface area contributed by atoms with E-state index < -0.39 is 0 Å². The highest BCUT2D eigenvalue weighted by molar-refractivity contribution is 5.34. The number of rotatable bonds is 2. The van der Waals surface area contributed by atoms with Gasteiger partial charge in [0, 0.05) is 32.2 Å². The van der Waals surface area contributed by atoms with Crippen LogP contribution in [0.5, 0.6) is 0 Å². The summed E-state index contributed by atoms with van der Waals surface area (Å²) in [5.41, 5.74) is 6.73. The van der Waals surface area contributed by atoms with Gasteiger partial charge in [0.15, 0.2) is 0 Å². The van der Waals surface area contributed by atoms with Gasteiger partial charge >= 0.3 is 0 Å². The quantitative estimate of drug-likeness (QED) is 0.830. The molecule has 2 aliphatic rings. The average molecular weight is 231 g/mol. The van der Waals surface area contributed by atoms with Crippen LogP contribution < -0.4 is 5.43 Å². The van der Waals surface area contributed by atoms with Crippen LogP contribution in [0.1, 0.15) is 23.6 Å². The maximum atomic E-state index is 3.70. The minimum Gasteiger partial charge on any atom is -0.304 e. The van der Waals surface area contributed by atoms with E-state index in [1.165, 1.54) is 37.1 Å². The highest BCUT2D eigenvalue weighted by atomic mass is 15.5. The Morgan fingerprint density at radius 3 is 2.71 bits per heavy atom. The van der Waals surface area contributed by atoms with Gasteiger partial charge in [-0.25, -0.2) is 10.4 Å². The molecule has 1 atom stereocenters. The first-order valence-electron chi connectivity index (χ1n) is 6.60. The molecule has 1 aliphatic carbocycles. The van der Waals surface area contributed by atoms with Crippen molar-refractivity contribution in [1.29, 1.82) is 0 Å². The van der Waals surface area contributed by atoms with Crippen molar-refractivity contribution in [3.63, 3.8) is 0 Å². The number of piperazine rings is 1. The first-order chi connectivity index (χ1) is 8.33. The smallest absolute Gasteiger partial charge is 0.0470 e. The molecule has 1 saturated heterocycles. The van der Waals surface area contributed by atoms with Crippen molar-refractivity contribution in [2.45, 2.75) is 18.9 Å². The molecular weight excluding hydrogens is 210 g/mol. The summed E-state index contributed by atoms with van der Waals surface area (Å²) in [6.45, 7) is 4.60. The summed E-state index contributed by atoms with van der Waals surface area (Å²) in [4.78, 5) is 2.39. The maximum Gasteiger partial charge on any atom is 0.0470 e. The first-order valence-corrected chi connectivity index (χ1v) is 6.60. The number of benzene rings is 1. The van der Waals surface area contributed by atoms with Crippen LogP contribution >= 0.6 is 0 Å². The Balaban J connectivity index is 1.64. The summed E-state index contributed by atoms with van der Waals surface area (Å²) < 4.78 is 0. The van der Waals surface area contributed by atoms with E-state index in [1.54, 1.807) is 0 Å². The molecule has 0 amide bonds. The highest BCUT2D eigenvalue weighted by Gasteiger charge is 2.24. The molecule has 0 aromatic heterocycles. The lowest BCUT2D eigenvalue weighted by Gasteiger charge is -2.34. The van der Waals surface area contributed by atoms with Crippen molar-refractivity contribution in [2.24, 2.45) is 0 Å². The SMILES string of the molecule is CN1CCN(NC2CCc3ccccc32)CC1. The van der Waals surface area contributed by atoms with Gasteiger partial charge in [-0.2, -0.15) is 0 Å². The van der Waals surface area contributed by atoms with Crippen LogP contribution in [0.2, 0.25) is 0 Å². The molecule has 0 radical (unpaired) electrons. The molecule has 1 aromatic carbocycles. The maximum absolute atomic E-state index is 3.70. The molecule has 3 heteroatoms. The molecule has 92 valence electrons. The normalized spacial score (nSPS) is 26.1. The zero-order valence-corrected chi connectivity index (χ0v) is 10.5. The van der Waals surface area contributed by atoms with Crippen LogP contribution in [0.15, 0.2) is 24.3 Å². The van der Waals surface area contributed by atoms with Crippen molar-refractivity contribution < 1.29 is 0 Å². The Kier molecular flexibility index (Phi) is 3.14. The van der Waals surface area contributed by atoms with Gasteiger partial charge in [-0.3, -0.25) is 0 Å². The van der Waals surface area contributed by atoms with Crippen molar-refractivity contribution in [3.05, 3.63) is 35.4 Å². The van der Waals surface area contributed by atoms with E-state index >= 15 is 0 Å². The summed E-state index contributed by atoms with van der Waals surface area (Å²) >= 11 is 0. The Labute approximate surface area is 103 Å². The molecule has 1 unspecified atom stereocenters. The summed E-state index contributed by atoms with van der Waals surface area (Å²) in [5.74, 6) is 0. The van der Waals surface area contributed by atoms with E-state index in [0.717, 1.165) is 13.1 Å². The predicted molar refractivity (Wildman–Crippen MR) is 69.7 cm³/mol. The highest BCUT2D eigenvalue weighted by Crippen LogP contribution is 2.30. The van der Waals surface area contributed by atoms with E-state index in [0.29, 0.717) is 6.04 Å². The monoisotopic (exact) mass is 231 g/mol. The zero-order chi connectivity index (χ0) is 11.7. The molecule has 0 bridgehead atoms. The molecule has 1 aliphatic heterocycles. The van der Waals surface area contributed by atoms with Gasteiger partial charge in [0.05, 0.1) is 0 Å².